The molecule has 4 heteroatoms. The molecule has 0 aliphatic heterocycles. The molecule has 0 aliphatic carbocycles. The van der Waals surface area contributed by atoms with Crippen molar-refractivity contribution in [3.63, 3.8) is 0 Å². The molecule has 4 nitrogen and oxygen atoms in total. The molecule has 2 heterocycles. The minimum Gasteiger partial charge on any atom is -0.324 e. The van der Waals surface area contributed by atoms with Gasteiger partial charge in [-0.2, -0.15) is 0 Å². The number of fused-ring (bicyclic) bond motifs is 1. The molecule has 108 valence electrons. The van der Waals surface area contributed by atoms with Gasteiger partial charge in [0.2, 0.25) is 0 Å². The van der Waals surface area contributed by atoms with Crippen molar-refractivity contribution in [2.24, 2.45) is 5.73 Å². The van der Waals surface area contributed by atoms with E-state index >= 15 is 0 Å². The Bertz CT molecular complexity index is 718. The Kier molecular flexibility index (Phi) is 3.97. The van der Waals surface area contributed by atoms with Crippen LogP contribution in [0, 0.1) is 0 Å². The highest BCUT2D eigenvalue weighted by atomic mass is 15.1. The normalized spacial score (nSPS) is 12.7. The van der Waals surface area contributed by atoms with E-state index in [1.165, 1.54) is 0 Å². The monoisotopic (exact) mass is 280 g/mol. The van der Waals surface area contributed by atoms with Gasteiger partial charge in [-0.05, 0) is 24.1 Å². The van der Waals surface area contributed by atoms with Crippen LogP contribution in [0.25, 0.3) is 11.2 Å². The summed E-state index contributed by atoms with van der Waals surface area (Å²) in [6, 6.07) is 14.1. The molecule has 0 spiro atoms. The van der Waals surface area contributed by atoms with Crippen molar-refractivity contribution in [3.8, 4) is 0 Å². The van der Waals surface area contributed by atoms with Crippen LogP contribution in [0.2, 0.25) is 0 Å². The van der Waals surface area contributed by atoms with Gasteiger partial charge in [0.05, 0.1) is 0 Å². The van der Waals surface area contributed by atoms with E-state index in [9.17, 15) is 0 Å². The molecular formula is C17H20N4. The van der Waals surface area contributed by atoms with Gasteiger partial charge in [0, 0.05) is 25.2 Å². The summed E-state index contributed by atoms with van der Waals surface area (Å²) < 4.78 is 2.19. The minimum atomic E-state index is -0.0429. The molecule has 0 aliphatic rings. The molecule has 1 unspecified atom stereocenters. The van der Waals surface area contributed by atoms with Crippen molar-refractivity contribution in [1.82, 2.24) is 14.5 Å². The van der Waals surface area contributed by atoms with Gasteiger partial charge in [-0.15, -0.1) is 0 Å². The second kappa shape index (κ2) is 6.06. The predicted molar refractivity (Wildman–Crippen MR) is 84.9 cm³/mol. The third-order valence-electron chi connectivity index (χ3n) is 3.66. The van der Waals surface area contributed by atoms with Crippen molar-refractivity contribution < 1.29 is 0 Å². The Labute approximate surface area is 124 Å². The standard InChI is InChI=1S/C17H20N4/c1-2-11-21-16(20-15-9-6-10-19-17(15)21)12-14(18)13-7-4-3-5-8-13/h3-10,14H,2,11-12,18H2,1H3. The van der Waals surface area contributed by atoms with E-state index in [2.05, 4.69) is 28.6 Å². The molecule has 3 rings (SSSR count). The lowest BCUT2D eigenvalue weighted by molar-refractivity contribution is 0.607. The van der Waals surface area contributed by atoms with Crippen LogP contribution in [0.3, 0.4) is 0 Å². The maximum Gasteiger partial charge on any atom is 0.159 e. The zero-order valence-corrected chi connectivity index (χ0v) is 12.2. The second-order valence-electron chi connectivity index (χ2n) is 5.25. The van der Waals surface area contributed by atoms with Gasteiger partial charge < -0.3 is 10.3 Å². The summed E-state index contributed by atoms with van der Waals surface area (Å²) in [5.74, 6) is 1.02. The first-order chi connectivity index (χ1) is 10.3. The minimum absolute atomic E-state index is 0.0429. The van der Waals surface area contributed by atoms with Gasteiger partial charge in [-0.1, -0.05) is 37.3 Å². The summed E-state index contributed by atoms with van der Waals surface area (Å²) in [4.78, 5) is 9.18. The fraction of sp³-hybridized carbons (Fsp3) is 0.294. The summed E-state index contributed by atoms with van der Waals surface area (Å²) >= 11 is 0. The van der Waals surface area contributed by atoms with Gasteiger partial charge in [-0.3, -0.25) is 0 Å². The first-order valence-corrected chi connectivity index (χ1v) is 7.40. The fourth-order valence-electron chi connectivity index (χ4n) is 2.63. The lowest BCUT2D eigenvalue weighted by atomic mass is 10.0. The van der Waals surface area contributed by atoms with Crippen LogP contribution in [-0.2, 0) is 13.0 Å². The number of benzene rings is 1. The van der Waals surface area contributed by atoms with E-state index in [4.69, 9.17) is 10.7 Å². The molecule has 0 saturated heterocycles. The van der Waals surface area contributed by atoms with E-state index in [0.717, 1.165) is 41.9 Å². The number of aromatic nitrogens is 3. The van der Waals surface area contributed by atoms with Crippen LogP contribution in [0.5, 0.6) is 0 Å². The number of nitrogens with two attached hydrogens (primary N) is 1. The van der Waals surface area contributed by atoms with Gasteiger partial charge >= 0.3 is 0 Å². The highest BCUT2D eigenvalue weighted by molar-refractivity contribution is 5.71. The number of aryl methyl sites for hydroxylation is 1. The molecule has 2 aromatic heterocycles. The van der Waals surface area contributed by atoms with E-state index in [1.54, 1.807) is 0 Å². The first kappa shape index (κ1) is 13.8. The zero-order valence-electron chi connectivity index (χ0n) is 12.2. The van der Waals surface area contributed by atoms with Crippen LogP contribution in [0.1, 0.15) is 30.8 Å². The van der Waals surface area contributed by atoms with Crippen molar-refractivity contribution in [3.05, 3.63) is 60.0 Å². The van der Waals surface area contributed by atoms with Gasteiger partial charge in [0.25, 0.3) is 0 Å². The Morgan fingerprint density at radius 2 is 1.95 bits per heavy atom. The van der Waals surface area contributed by atoms with Gasteiger partial charge in [0.1, 0.15) is 11.3 Å². The van der Waals surface area contributed by atoms with Crippen LogP contribution in [0.15, 0.2) is 48.7 Å². The summed E-state index contributed by atoms with van der Waals surface area (Å²) in [6.07, 6.45) is 3.59. The molecule has 3 aromatic rings. The first-order valence-electron chi connectivity index (χ1n) is 7.40. The highest BCUT2D eigenvalue weighted by Crippen LogP contribution is 2.20. The summed E-state index contributed by atoms with van der Waals surface area (Å²) in [7, 11) is 0. The lowest BCUT2D eigenvalue weighted by Crippen LogP contribution is -2.16. The van der Waals surface area contributed by atoms with Crippen molar-refractivity contribution in [2.75, 3.05) is 0 Å². The van der Waals surface area contributed by atoms with Crippen LogP contribution < -0.4 is 5.73 Å². The number of rotatable bonds is 5. The Hall–Kier alpha value is -2.20. The smallest absolute Gasteiger partial charge is 0.159 e. The van der Waals surface area contributed by atoms with Crippen molar-refractivity contribution >= 4 is 11.2 Å². The van der Waals surface area contributed by atoms with Crippen molar-refractivity contribution in [2.45, 2.75) is 32.4 Å². The number of pyridine rings is 1. The Morgan fingerprint density at radius 3 is 2.71 bits per heavy atom. The molecule has 1 aromatic carbocycles. The second-order valence-corrected chi connectivity index (χ2v) is 5.25. The van der Waals surface area contributed by atoms with Gasteiger partial charge in [-0.25, -0.2) is 9.97 Å². The number of hydrogen-bond acceptors (Lipinski definition) is 3. The molecule has 0 amide bonds. The maximum absolute atomic E-state index is 6.34. The molecule has 0 bridgehead atoms. The largest absolute Gasteiger partial charge is 0.324 e. The third-order valence-corrected chi connectivity index (χ3v) is 3.66. The average Bonchev–Trinajstić information content (AvgIpc) is 2.86. The lowest BCUT2D eigenvalue weighted by Gasteiger charge is -2.13. The fourth-order valence-corrected chi connectivity index (χ4v) is 2.63. The molecule has 0 saturated carbocycles. The maximum atomic E-state index is 6.34. The summed E-state index contributed by atoms with van der Waals surface area (Å²) in [5, 5.41) is 0. The zero-order chi connectivity index (χ0) is 14.7. The van der Waals surface area contributed by atoms with E-state index in [-0.39, 0.29) is 6.04 Å². The Morgan fingerprint density at radius 1 is 1.14 bits per heavy atom. The molecule has 1 atom stereocenters. The van der Waals surface area contributed by atoms with Crippen LogP contribution in [-0.4, -0.2) is 14.5 Å². The van der Waals surface area contributed by atoms with Gasteiger partial charge in [0.15, 0.2) is 5.65 Å². The van der Waals surface area contributed by atoms with E-state index in [1.807, 2.05) is 36.5 Å². The molecule has 21 heavy (non-hydrogen) atoms. The van der Waals surface area contributed by atoms with Crippen LogP contribution in [0.4, 0.5) is 0 Å². The quantitative estimate of drug-likeness (QED) is 0.781. The molecular weight excluding hydrogens is 260 g/mol. The molecule has 0 fully saturated rings. The Balaban J connectivity index is 1.94. The average molecular weight is 280 g/mol. The number of hydrogen-bond donors (Lipinski definition) is 1. The van der Waals surface area contributed by atoms with Crippen molar-refractivity contribution in [1.29, 1.82) is 0 Å². The number of nitrogens with zero attached hydrogens (tertiary/aromatic N) is 3. The summed E-state index contributed by atoms with van der Waals surface area (Å²) in [5.41, 5.74) is 9.38. The highest BCUT2D eigenvalue weighted by Gasteiger charge is 2.15. The van der Waals surface area contributed by atoms with Crippen LogP contribution >= 0.6 is 0 Å². The molecule has 0 radical (unpaired) electrons. The number of imidazole rings is 1. The third kappa shape index (κ3) is 2.81. The predicted octanol–water partition coefficient (Wildman–Crippen LogP) is 3.08. The van der Waals surface area contributed by atoms with E-state index < -0.39 is 0 Å². The summed E-state index contributed by atoms with van der Waals surface area (Å²) in [6.45, 7) is 3.08. The topological polar surface area (TPSA) is 56.7 Å². The SMILES string of the molecule is CCCn1c(CC(N)c2ccccc2)nc2cccnc21. The molecule has 2 N–H and O–H groups in total. The van der Waals surface area contributed by atoms with E-state index in [0.29, 0.717) is 0 Å².